The zero-order valence-corrected chi connectivity index (χ0v) is 33.1. The number of hydrogen-bond donors (Lipinski definition) is 4. The maximum atomic E-state index is 14.0. The van der Waals surface area contributed by atoms with Crippen LogP contribution in [0.4, 0.5) is 0 Å². The van der Waals surface area contributed by atoms with Gasteiger partial charge in [-0.15, -0.1) is 0 Å². The van der Waals surface area contributed by atoms with Gasteiger partial charge in [-0.1, -0.05) is 67.9 Å². The van der Waals surface area contributed by atoms with Gasteiger partial charge in [0.2, 0.25) is 0 Å². The maximum Gasteiger partial charge on any atom is 0.309 e. The monoisotopic (exact) mass is 709 g/mol. The first-order chi connectivity index (χ1) is 23.6. The van der Waals surface area contributed by atoms with E-state index >= 15 is 0 Å². The molecule has 0 aliphatic heterocycles. The molecule has 0 aromatic heterocycles. The molecule has 5 N–H and O–H groups in total. The quantitative estimate of drug-likeness (QED) is 0.187. The van der Waals surface area contributed by atoms with Crippen LogP contribution >= 0.6 is 0 Å². The number of aliphatic hydroxyl groups is 1. The molecule has 8 heteroatoms. The number of aliphatic carboxylic acids is 1. The molecule has 6 saturated carbocycles. The van der Waals surface area contributed by atoms with Gasteiger partial charge < -0.3 is 26.0 Å². The number of esters is 1. The molecule has 51 heavy (non-hydrogen) atoms. The number of nitrogens with one attached hydrogen (secondary N) is 1. The third-order valence-electron chi connectivity index (χ3n) is 17.9. The molecule has 7 aliphatic carbocycles. The summed E-state index contributed by atoms with van der Waals surface area (Å²) in [6.45, 7) is 21.6. The number of ketones is 1. The number of ether oxygens (including phenoxy) is 1. The number of allylic oxidation sites excluding steroid dienone is 1. The number of aliphatic hydroxyl groups excluding tert-OH is 1. The molecule has 0 radical (unpaired) electrons. The minimum absolute atomic E-state index is 0.0138. The van der Waals surface area contributed by atoms with E-state index in [0.29, 0.717) is 37.8 Å². The standard InChI is InChI=1S/C43H68N2O6/c1-24(2)33-28(46)21-43(31(47)22-45-23-42(44)17-18-42)19-16-40(8)25(34(33)43)10-11-30-39(7)14-13-32(38(5,6)29(39)12-15-41(30,40)9)51-36(50)27-20-26(35(48)49)37(27,3)4/h24-27,29-32,45,47H,10-23,44H2,1-9H3,(H,48,49)/t25-,26+,27-,29+,30-,31+,32+,39+,40-,41-,43+/m1/s1. The molecule has 286 valence electrons. The number of carboxylic acids is 1. The Morgan fingerprint density at radius 2 is 1.55 bits per heavy atom. The molecule has 7 rings (SSSR count). The minimum Gasteiger partial charge on any atom is -0.481 e. The summed E-state index contributed by atoms with van der Waals surface area (Å²) in [4.78, 5) is 39.3. The normalized spacial score (nSPS) is 45.1. The lowest BCUT2D eigenvalue weighted by molar-refractivity contribution is -0.238. The minimum atomic E-state index is -0.826. The third kappa shape index (κ3) is 5.24. The predicted molar refractivity (Wildman–Crippen MR) is 197 cm³/mol. The second-order valence-corrected chi connectivity index (χ2v) is 21.1. The molecule has 6 fully saturated rings. The molecule has 11 atom stereocenters. The van der Waals surface area contributed by atoms with Crippen LogP contribution in [0.25, 0.3) is 0 Å². The van der Waals surface area contributed by atoms with E-state index in [1.165, 1.54) is 5.57 Å². The topological polar surface area (TPSA) is 139 Å². The SMILES string of the molecule is CC(C)C1=C2[C@H]3CC[C@@H]4[C@@]5(C)CC[C@H](OC(=O)[C@H]6C[C@@H](C(=O)O)C6(C)C)C(C)(C)[C@@H]5CC[C@@]4(C)[C@]3(C)CC[C@@]2([C@@H](O)CNCC2(N)CC2)CC1=O. The molecule has 0 bridgehead atoms. The van der Waals surface area contributed by atoms with Crippen molar-refractivity contribution in [1.82, 2.24) is 5.32 Å². The van der Waals surface area contributed by atoms with Gasteiger partial charge in [-0.05, 0) is 122 Å². The molecule has 0 saturated heterocycles. The molecule has 0 amide bonds. The van der Waals surface area contributed by atoms with E-state index in [0.717, 1.165) is 69.8 Å². The smallest absolute Gasteiger partial charge is 0.309 e. The second-order valence-electron chi connectivity index (χ2n) is 21.1. The van der Waals surface area contributed by atoms with E-state index in [-0.39, 0.29) is 62.8 Å². The van der Waals surface area contributed by atoms with Crippen molar-refractivity contribution in [3.05, 3.63) is 11.1 Å². The first-order valence-corrected chi connectivity index (χ1v) is 20.5. The maximum absolute atomic E-state index is 14.0. The van der Waals surface area contributed by atoms with E-state index in [4.69, 9.17) is 10.5 Å². The number of rotatable bonds is 9. The lowest BCUT2D eigenvalue weighted by Crippen LogP contribution is -2.66. The fraction of sp³-hybridized carbons (Fsp3) is 0.884. The third-order valence-corrected chi connectivity index (χ3v) is 17.9. The lowest BCUT2D eigenvalue weighted by atomic mass is 9.33. The van der Waals surface area contributed by atoms with Gasteiger partial charge in [0.25, 0.3) is 0 Å². The van der Waals surface area contributed by atoms with Gasteiger partial charge in [-0.2, -0.15) is 0 Å². The van der Waals surface area contributed by atoms with Crippen LogP contribution in [0, 0.1) is 68.0 Å². The summed E-state index contributed by atoms with van der Waals surface area (Å²) in [5, 5.41) is 25.2. The Bertz CT molecular complexity index is 1510. The largest absolute Gasteiger partial charge is 0.481 e. The summed E-state index contributed by atoms with van der Waals surface area (Å²) in [6.07, 6.45) is 10.1. The van der Waals surface area contributed by atoms with Crippen molar-refractivity contribution in [1.29, 1.82) is 0 Å². The van der Waals surface area contributed by atoms with Gasteiger partial charge in [-0.3, -0.25) is 14.4 Å². The van der Waals surface area contributed by atoms with Crippen LogP contribution in [0.15, 0.2) is 11.1 Å². The number of carbonyl (C=O) groups is 3. The number of nitrogens with two attached hydrogens (primary N) is 1. The highest BCUT2D eigenvalue weighted by Crippen LogP contribution is 2.77. The number of Topliss-reactive ketones (excluding diaryl/α,β-unsaturated/α-hetero) is 1. The van der Waals surface area contributed by atoms with Gasteiger partial charge in [0.15, 0.2) is 5.78 Å². The molecule has 8 nitrogen and oxygen atoms in total. The van der Waals surface area contributed by atoms with Crippen molar-refractivity contribution in [2.75, 3.05) is 13.1 Å². The average molecular weight is 709 g/mol. The van der Waals surface area contributed by atoms with Crippen molar-refractivity contribution in [3.63, 3.8) is 0 Å². The van der Waals surface area contributed by atoms with Crippen LogP contribution in [0.1, 0.15) is 139 Å². The van der Waals surface area contributed by atoms with E-state index in [1.54, 1.807) is 0 Å². The van der Waals surface area contributed by atoms with Gasteiger partial charge in [0, 0.05) is 35.9 Å². The van der Waals surface area contributed by atoms with Gasteiger partial charge in [0.1, 0.15) is 6.10 Å². The molecule has 7 aliphatic rings. The van der Waals surface area contributed by atoms with Crippen molar-refractivity contribution in [3.8, 4) is 0 Å². The van der Waals surface area contributed by atoms with Gasteiger partial charge in [0.05, 0.1) is 17.9 Å². The summed E-state index contributed by atoms with van der Waals surface area (Å²) in [5.41, 5.74) is 7.47. The van der Waals surface area contributed by atoms with Gasteiger partial charge in [-0.25, -0.2) is 0 Å². The Morgan fingerprint density at radius 1 is 0.863 bits per heavy atom. The highest BCUT2D eigenvalue weighted by molar-refractivity contribution is 6.00. The summed E-state index contributed by atoms with van der Waals surface area (Å²) < 4.78 is 6.40. The summed E-state index contributed by atoms with van der Waals surface area (Å²) in [7, 11) is 0. The first kappa shape index (κ1) is 37.5. The fourth-order valence-corrected chi connectivity index (χ4v) is 14.2. The van der Waals surface area contributed by atoms with Crippen molar-refractivity contribution in [2.24, 2.45) is 73.7 Å². The predicted octanol–water partition coefficient (Wildman–Crippen LogP) is 7.07. The molecule has 0 unspecified atom stereocenters. The summed E-state index contributed by atoms with van der Waals surface area (Å²) in [6, 6.07) is 0. The van der Waals surface area contributed by atoms with Crippen LogP contribution in [-0.2, 0) is 19.1 Å². The van der Waals surface area contributed by atoms with Crippen LogP contribution < -0.4 is 11.1 Å². The van der Waals surface area contributed by atoms with Crippen molar-refractivity contribution < 1.29 is 29.3 Å². The Balaban J connectivity index is 1.14. The number of fused-ring (bicyclic) bond motifs is 7. The van der Waals surface area contributed by atoms with Crippen LogP contribution in [0.2, 0.25) is 0 Å². The zero-order chi connectivity index (χ0) is 37.3. The van der Waals surface area contributed by atoms with Crippen molar-refractivity contribution >= 4 is 17.7 Å². The average Bonchev–Trinajstić information content (AvgIpc) is 3.66. The molecular weight excluding hydrogens is 640 g/mol. The Hall–Kier alpha value is -1.77. The number of carbonyl (C=O) groups excluding carboxylic acids is 2. The highest BCUT2D eigenvalue weighted by Gasteiger charge is 2.71. The Kier molecular flexibility index (Phi) is 8.73. The molecule has 0 heterocycles. The molecule has 0 spiro atoms. The van der Waals surface area contributed by atoms with E-state index in [1.807, 2.05) is 13.8 Å². The van der Waals surface area contributed by atoms with Crippen LogP contribution in [0.5, 0.6) is 0 Å². The van der Waals surface area contributed by atoms with Gasteiger partial charge >= 0.3 is 11.9 Å². The summed E-state index contributed by atoms with van der Waals surface area (Å²) >= 11 is 0. The lowest BCUT2D eigenvalue weighted by Gasteiger charge is -2.72. The Labute approximate surface area is 306 Å². The number of hydrogen-bond acceptors (Lipinski definition) is 7. The number of carboxylic acid groups (broad SMARTS) is 1. The molecular formula is C43H68N2O6. The van der Waals surface area contributed by atoms with E-state index in [9.17, 15) is 24.6 Å². The fourth-order valence-electron chi connectivity index (χ4n) is 14.2. The van der Waals surface area contributed by atoms with E-state index < -0.39 is 28.8 Å². The second kappa shape index (κ2) is 11.9. The molecule has 0 aromatic carbocycles. The molecule has 0 aromatic rings. The zero-order valence-electron chi connectivity index (χ0n) is 33.1. The van der Waals surface area contributed by atoms with Crippen LogP contribution in [0.3, 0.4) is 0 Å². The highest BCUT2D eigenvalue weighted by atomic mass is 16.5. The first-order valence-electron chi connectivity index (χ1n) is 20.5. The Morgan fingerprint density at radius 3 is 2.16 bits per heavy atom. The van der Waals surface area contributed by atoms with Crippen LogP contribution in [-0.4, -0.2) is 58.8 Å². The summed E-state index contributed by atoms with van der Waals surface area (Å²) in [5.74, 6) is -0.334. The van der Waals surface area contributed by atoms with E-state index in [2.05, 4.69) is 53.8 Å². The van der Waals surface area contributed by atoms with Crippen molar-refractivity contribution in [2.45, 2.75) is 157 Å².